The number of hydrogen-bond donors (Lipinski definition) is 1. The second kappa shape index (κ2) is 9.38. The van der Waals surface area contributed by atoms with Crippen LogP contribution in [0.1, 0.15) is 37.7 Å². The Hall–Kier alpha value is -3.74. The average Bonchev–Trinajstić information content (AvgIpc) is 3.07. The molecule has 0 saturated carbocycles. The third kappa shape index (κ3) is 5.06. The lowest BCUT2D eigenvalue weighted by molar-refractivity contribution is -0.141. The fraction of sp³-hybridized carbons (Fsp3) is 0.208. The van der Waals surface area contributed by atoms with Crippen LogP contribution in [0.3, 0.4) is 0 Å². The van der Waals surface area contributed by atoms with Gasteiger partial charge in [0.1, 0.15) is 12.4 Å². The standard InChI is InChI=1S/C24H23FN2O4/c1-15-9-10-19(12-21(15)25)27-16(2)11-20(17(27)3)22(28)14-31-23(29)13-26-24(30)18-7-5-4-6-8-18/h4-12H,13-14H2,1-3H3,(H,26,30). The zero-order chi connectivity index (χ0) is 22.5. The molecule has 3 aromatic rings. The van der Waals surface area contributed by atoms with E-state index in [-0.39, 0.29) is 18.1 Å². The van der Waals surface area contributed by atoms with Crippen molar-refractivity contribution in [3.8, 4) is 5.69 Å². The Kier molecular flexibility index (Phi) is 6.65. The molecule has 0 spiro atoms. The maximum Gasteiger partial charge on any atom is 0.325 e. The van der Waals surface area contributed by atoms with Crippen LogP contribution in [0.15, 0.2) is 54.6 Å². The van der Waals surface area contributed by atoms with Crippen molar-refractivity contribution in [2.45, 2.75) is 20.8 Å². The summed E-state index contributed by atoms with van der Waals surface area (Å²) in [5, 5.41) is 2.45. The molecule has 1 aromatic heterocycles. The van der Waals surface area contributed by atoms with Crippen molar-refractivity contribution < 1.29 is 23.5 Å². The first kappa shape index (κ1) is 22.0. The fourth-order valence-electron chi connectivity index (χ4n) is 3.28. The first-order chi connectivity index (χ1) is 14.8. The van der Waals surface area contributed by atoms with E-state index in [0.29, 0.717) is 28.1 Å². The lowest BCUT2D eigenvalue weighted by Gasteiger charge is -2.11. The quantitative estimate of drug-likeness (QED) is 0.465. The lowest BCUT2D eigenvalue weighted by Crippen LogP contribution is -2.31. The van der Waals surface area contributed by atoms with Gasteiger partial charge in [-0.2, -0.15) is 0 Å². The van der Waals surface area contributed by atoms with E-state index in [1.54, 1.807) is 66.9 Å². The molecule has 0 fully saturated rings. The molecule has 1 amide bonds. The van der Waals surface area contributed by atoms with Gasteiger partial charge in [-0.3, -0.25) is 14.4 Å². The predicted molar refractivity (Wildman–Crippen MR) is 114 cm³/mol. The van der Waals surface area contributed by atoms with E-state index in [2.05, 4.69) is 5.32 Å². The largest absolute Gasteiger partial charge is 0.456 e. The van der Waals surface area contributed by atoms with E-state index < -0.39 is 18.5 Å². The smallest absolute Gasteiger partial charge is 0.325 e. The predicted octanol–water partition coefficient (Wildman–Crippen LogP) is 3.70. The molecule has 3 rings (SSSR count). The Bertz CT molecular complexity index is 1140. The van der Waals surface area contributed by atoms with Gasteiger partial charge >= 0.3 is 5.97 Å². The summed E-state index contributed by atoms with van der Waals surface area (Å²) in [7, 11) is 0. The minimum atomic E-state index is -0.716. The average molecular weight is 422 g/mol. The summed E-state index contributed by atoms with van der Waals surface area (Å²) in [5.74, 6) is -1.83. The summed E-state index contributed by atoms with van der Waals surface area (Å²) in [5.41, 5.74) is 3.34. The molecule has 0 unspecified atom stereocenters. The van der Waals surface area contributed by atoms with Gasteiger partial charge in [-0.25, -0.2) is 4.39 Å². The van der Waals surface area contributed by atoms with E-state index in [0.717, 1.165) is 5.69 Å². The van der Waals surface area contributed by atoms with Crippen molar-refractivity contribution in [3.63, 3.8) is 0 Å². The summed E-state index contributed by atoms with van der Waals surface area (Å²) < 4.78 is 20.8. The second-order valence-corrected chi connectivity index (χ2v) is 7.19. The number of ether oxygens (including phenoxy) is 1. The first-order valence-corrected chi connectivity index (χ1v) is 9.75. The van der Waals surface area contributed by atoms with E-state index in [1.807, 2.05) is 6.92 Å². The third-order valence-corrected chi connectivity index (χ3v) is 4.94. The van der Waals surface area contributed by atoms with Crippen LogP contribution in [0.4, 0.5) is 4.39 Å². The van der Waals surface area contributed by atoms with Gasteiger partial charge in [-0.05, 0) is 56.7 Å². The van der Waals surface area contributed by atoms with Gasteiger partial charge in [0.05, 0.1) is 0 Å². The number of halogens is 1. The molecule has 0 saturated heterocycles. The minimum Gasteiger partial charge on any atom is -0.456 e. The van der Waals surface area contributed by atoms with Crippen LogP contribution >= 0.6 is 0 Å². The van der Waals surface area contributed by atoms with Gasteiger partial charge in [-0.1, -0.05) is 24.3 Å². The summed E-state index contributed by atoms with van der Waals surface area (Å²) >= 11 is 0. The Balaban J connectivity index is 1.61. The van der Waals surface area contributed by atoms with Crippen LogP contribution < -0.4 is 5.32 Å². The van der Waals surface area contributed by atoms with Gasteiger partial charge in [0, 0.05) is 28.2 Å². The number of rotatable bonds is 7. The molecule has 160 valence electrons. The summed E-state index contributed by atoms with van der Waals surface area (Å²) in [6, 6.07) is 15.0. The fourth-order valence-corrected chi connectivity index (χ4v) is 3.28. The number of ketones is 1. The maximum atomic E-state index is 14.0. The number of aromatic nitrogens is 1. The molecular formula is C24H23FN2O4. The van der Waals surface area contributed by atoms with Crippen molar-refractivity contribution in [1.82, 2.24) is 9.88 Å². The van der Waals surface area contributed by atoms with Gasteiger partial charge in [0.2, 0.25) is 5.78 Å². The maximum absolute atomic E-state index is 14.0. The molecule has 2 aromatic carbocycles. The number of nitrogens with one attached hydrogen (secondary N) is 1. The highest BCUT2D eigenvalue weighted by Gasteiger charge is 2.19. The van der Waals surface area contributed by atoms with E-state index in [4.69, 9.17) is 4.74 Å². The highest BCUT2D eigenvalue weighted by atomic mass is 19.1. The molecule has 6 nitrogen and oxygen atoms in total. The van der Waals surface area contributed by atoms with Crippen LogP contribution in [-0.2, 0) is 9.53 Å². The Labute approximate surface area is 179 Å². The molecule has 0 bridgehead atoms. The molecule has 31 heavy (non-hydrogen) atoms. The SMILES string of the molecule is Cc1ccc(-n2c(C)cc(C(=O)COC(=O)CNC(=O)c3ccccc3)c2C)cc1F. The summed E-state index contributed by atoms with van der Waals surface area (Å²) in [4.78, 5) is 36.5. The minimum absolute atomic E-state index is 0.329. The molecule has 0 aliphatic rings. The highest BCUT2D eigenvalue weighted by Crippen LogP contribution is 2.23. The summed E-state index contributed by atoms with van der Waals surface area (Å²) in [6.07, 6.45) is 0. The number of amides is 1. The number of carbonyl (C=O) groups is 3. The number of hydrogen-bond acceptors (Lipinski definition) is 4. The second-order valence-electron chi connectivity index (χ2n) is 7.19. The monoisotopic (exact) mass is 422 g/mol. The number of esters is 1. The van der Waals surface area contributed by atoms with Crippen molar-refractivity contribution >= 4 is 17.7 Å². The number of benzene rings is 2. The molecule has 7 heteroatoms. The van der Waals surface area contributed by atoms with Gasteiger partial charge in [0.15, 0.2) is 6.61 Å². The van der Waals surface area contributed by atoms with Crippen LogP contribution in [0.25, 0.3) is 5.69 Å². The molecule has 0 aliphatic heterocycles. The van der Waals surface area contributed by atoms with Crippen molar-refractivity contribution in [1.29, 1.82) is 0 Å². The van der Waals surface area contributed by atoms with Gasteiger partial charge < -0.3 is 14.6 Å². The zero-order valence-electron chi connectivity index (χ0n) is 17.6. The zero-order valence-corrected chi connectivity index (χ0v) is 17.6. The Morgan fingerprint density at radius 2 is 1.71 bits per heavy atom. The van der Waals surface area contributed by atoms with E-state index >= 15 is 0 Å². The molecule has 1 heterocycles. The lowest BCUT2D eigenvalue weighted by atomic mass is 10.1. The molecule has 0 radical (unpaired) electrons. The molecular weight excluding hydrogens is 399 g/mol. The van der Waals surface area contributed by atoms with Crippen molar-refractivity contribution in [3.05, 3.63) is 88.5 Å². The van der Waals surface area contributed by atoms with Gasteiger partial charge in [-0.15, -0.1) is 0 Å². The van der Waals surface area contributed by atoms with E-state index in [9.17, 15) is 18.8 Å². The number of nitrogens with zero attached hydrogens (tertiary/aromatic N) is 1. The van der Waals surface area contributed by atoms with Crippen LogP contribution in [-0.4, -0.2) is 35.4 Å². The highest BCUT2D eigenvalue weighted by molar-refractivity contribution is 6.00. The number of Topliss-reactive ketones (excluding diaryl/α,β-unsaturated/α-hetero) is 1. The topological polar surface area (TPSA) is 77.4 Å². The molecule has 1 N–H and O–H groups in total. The number of aryl methyl sites for hydroxylation is 2. The Morgan fingerprint density at radius 3 is 2.39 bits per heavy atom. The molecule has 0 atom stereocenters. The molecule has 0 aliphatic carbocycles. The third-order valence-electron chi connectivity index (χ3n) is 4.94. The Morgan fingerprint density at radius 1 is 1.00 bits per heavy atom. The van der Waals surface area contributed by atoms with Crippen LogP contribution in [0.2, 0.25) is 0 Å². The van der Waals surface area contributed by atoms with Crippen molar-refractivity contribution in [2.24, 2.45) is 0 Å². The normalized spacial score (nSPS) is 10.6. The summed E-state index contributed by atoms with van der Waals surface area (Å²) in [6.45, 7) is 4.45. The van der Waals surface area contributed by atoms with Crippen LogP contribution in [0, 0.1) is 26.6 Å². The van der Waals surface area contributed by atoms with Crippen molar-refractivity contribution in [2.75, 3.05) is 13.2 Å². The first-order valence-electron chi connectivity index (χ1n) is 9.75. The van der Waals surface area contributed by atoms with Crippen LogP contribution in [0.5, 0.6) is 0 Å². The van der Waals surface area contributed by atoms with Gasteiger partial charge in [0.25, 0.3) is 5.91 Å². The van der Waals surface area contributed by atoms with E-state index in [1.165, 1.54) is 6.07 Å². The number of carbonyl (C=O) groups excluding carboxylic acids is 3.